The highest BCUT2D eigenvalue weighted by atomic mass is 32.1. The highest BCUT2D eigenvalue weighted by Crippen LogP contribution is 2.25. The zero-order chi connectivity index (χ0) is 18.5. The number of hydrogen-bond acceptors (Lipinski definition) is 4. The molecule has 3 aromatic rings. The first-order chi connectivity index (χ1) is 13.3. The fourth-order valence-electron chi connectivity index (χ4n) is 3.64. The molecule has 4 nitrogen and oxygen atoms in total. The molecule has 2 aromatic heterocycles. The van der Waals surface area contributed by atoms with Gasteiger partial charge in [-0.05, 0) is 69.0 Å². The summed E-state index contributed by atoms with van der Waals surface area (Å²) in [5, 5.41) is 0. The Kier molecular flexibility index (Phi) is 5.78. The van der Waals surface area contributed by atoms with E-state index in [1.54, 1.807) is 0 Å². The van der Waals surface area contributed by atoms with Gasteiger partial charge in [0.05, 0.1) is 12.9 Å². The van der Waals surface area contributed by atoms with Crippen LogP contribution in [0.4, 0.5) is 5.69 Å². The third kappa shape index (κ3) is 4.92. The summed E-state index contributed by atoms with van der Waals surface area (Å²) in [6.45, 7) is 5.32. The molecule has 0 saturated carbocycles. The minimum Gasteiger partial charge on any atom is -0.489 e. The van der Waals surface area contributed by atoms with E-state index in [0.29, 0.717) is 0 Å². The molecular formula is C22H27N3OS. The maximum atomic E-state index is 6.37. The zero-order valence-corrected chi connectivity index (χ0v) is 16.7. The summed E-state index contributed by atoms with van der Waals surface area (Å²) in [5.74, 6) is 0.949. The molecule has 4 rings (SSSR count). The molecule has 0 spiro atoms. The van der Waals surface area contributed by atoms with Gasteiger partial charge in [0, 0.05) is 40.9 Å². The molecule has 1 unspecified atom stereocenters. The van der Waals surface area contributed by atoms with E-state index >= 15 is 0 Å². The lowest BCUT2D eigenvalue weighted by Crippen LogP contribution is -2.23. The first kappa shape index (κ1) is 18.1. The van der Waals surface area contributed by atoms with Gasteiger partial charge in [0.15, 0.2) is 0 Å². The van der Waals surface area contributed by atoms with Crippen LogP contribution < -0.4 is 9.64 Å². The van der Waals surface area contributed by atoms with Gasteiger partial charge >= 0.3 is 0 Å². The van der Waals surface area contributed by atoms with E-state index in [4.69, 9.17) is 4.74 Å². The third-order valence-corrected chi connectivity index (χ3v) is 6.15. The second-order valence-electron chi connectivity index (χ2n) is 7.24. The van der Waals surface area contributed by atoms with Gasteiger partial charge in [-0.1, -0.05) is 0 Å². The molecule has 1 fully saturated rings. The third-order valence-electron chi connectivity index (χ3n) is 5.09. The van der Waals surface area contributed by atoms with E-state index < -0.39 is 0 Å². The van der Waals surface area contributed by atoms with Crippen molar-refractivity contribution in [1.29, 1.82) is 0 Å². The minimum atomic E-state index is 0.124. The lowest BCUT2D eigenvalue weighted by Gasteiger charge is -2.21. The quantitative estimate of drug-likeness (QED) is 0.554. The highest BCUT2D eigenvalue weighted by Gasteiger charge is 2.15. The molecule has 142 valence electrons. The molecule has 0 N–H and O–H groups in total. The number of aromatic nitrogens is 2. The Morgan fingerprint density at radius 2 is 1.93 bits per heavy atom. The van der Waals surface area contributed by atoms with Gasteiger partial charge in [0.25, 0.3) is 0 Å². The summed E-state index contributed by atoms with van der Waals surface area (Å²) in [7, 11) is 0. The number of ether oxygens (including phenoxy) is 1. The normalized spacial score (nSPS) is 15.2. The molecule has 1 saturated heterocycles. The standard InChI is InChI=1S/C22H27N3OS/c1-18-4-10-22(27-18)11-9-21(16-24-15-12-23-17-24)26-20-7-5-19(6-8-20)25-13-2-3-14-25/h4-8,10,12,15,17,21H,2-3,9,11,13-14,16H2,1H3. The molecule has 1 aliphatic heterocycles. The van der Waals surface area contributed by atoms with Crippen LogP contribution in [0.15, 0.2) is 55.1 Å². The van der Waals surface area contributed by atoms with Gasteiger partial charge in [-0.15, -0.1) is 11.3 Å². The minimum absolute atomic E-state index is 0.124. The van der Waals surface area contributed by atoms with Gasteiger partial charge in [-0.25, -0.2) is 4.98 Å². The molecule has 0 bridgehead atoms. The molecule has 1 atom stereocenters. The Morgan fingerprint density at radius 3 is 2.59 bits per heavy atom. The van der Waals surface area contributed by atoms with Crippen molar-refractivity contribution in [3.05, 3.63) is 64.9 Å². The van der Waals surface area contributed by atoms with Gasteiger partial charge < -0.3 is 14.2 Å². The molecular weight excluding hydrogens is 354 g/mol. The molecule has 3 heterocycles. The predicted molar refractivity (Wildman–Crippen MR) is 112 cm³/mol. The maximum absolute atomic E-state index is 6.37. The number of nitrogens with zero attached hydrogens (tertiary/aromatic N) is 3. The highest BCUT2D eigenvalue weighted by molar-refractivity contribution is 7.11. The van der Waals surface area contributed by atoms with Gasteiger partial charge in [0.1, 0.15) is 11.9 Å². The van der Waals surface area contributed by atoms with E-state index in [1.165, 1.54) is 41.4 Å². The average Bonchev–Trinajstić information content (AvgIpc) is 3.44. The summed E-state index contributed by atoms with van der Waals surface area (Å²) >= 11 is 1.88. The lowest BCUT2D eigenvalue weighted by molar-refractivity contribution is 0.170. The molecule has 0 amide bonds. The number of hydrogen-bond donors (Lipinski definition) is 0. The molecule has 0 radical (unpaired) electrons. The van der Waals surface area contributed by atoms with E-state index in [2.05, 4.69) is 57.8 Å². The van der Waals surface area contributed by atoms with E-state index in [0.717, 1.165) is 25.1 Å². The Hall–Kier alpha value is -2.27. The summed E-state index contributed by atoms with van der Waals surface area (Å²) in [4.78, 5) is 9.41. The summed E-state index contributed by atoms with van der Waals surface area (Å²) in [6.07, 6.45) is 10.4. The number of anilines is 1. The largest absolute Gasteiger partial charge is 0.489 e. The average molecular weight is 382 g/mol. The SMILES string of the molecule is Cc1ccc(CCC(Cn2ccnc2)Oc2ccc(N3CCCC3)cc2)s1. The maximum Gasteiger partial charge on any atom is 0.119 e. The molecule has 1 aliphatic rings. The van der Waals surface area contributed by atoms with Crippen molar-refractivity contribution >= 4 is 17.0 Å². The van der Waals surface area contributed by atoms with Crippen molar-refractivity contribution < 1.29 is 4.74 Å². The van der Waals surface area contributed by atoms with E-state index in [-0.39, 0.29) is 6.10 Å². The fourth-order valence-corrected chi connectivity index (χ4v) is 4.55. The smallest absolute Gasteiger partial charge is 0.119 e. The van der Waals surface area contributed by atoms with Crippen LogP contribution in [0.3, 0.4) is 0 Å². The molecule has 27 heavy (non-hydrogen) atoms. The van der Waals surface area contributed by atoms with E-state index in [1.807, 2.05) is 30.1 Å². The monoisotopic (exact) mass is 381 g/mol. The Bertz CT molecular complexity index is 820. The van der Waals surface area contributed by atoms with Crippen LogP contribution in [0.2, 0.25) is 0 Å². The van der Waals surface area contributed by atoms with E-state index in [9.17, 15) is 0 Å². The van der Waals surface area contributed by atoms with Crippen molar-refractivity contribution in [3.63, 3.8) is 0 Å². The number of rotatable bonds is 8. The van der Waals surface area contributed by atoms with Crippen molar-refractivity contribution in [2.24, 2.45) is 0 Å². The molecule has 5 heteroatoms. The van der Waals surface area contributed by atoms with Crippen molar-refractivity contribution in [1.82, 2.24) is 9.55 Å². The van der Waals surface area contributed by atoms with Crippen LogP contribution in [-0.2, 0) is 13.0 Å². The fraction of sp³-hybridized carbons (Fsp3) is 0.409. The second-order valence-corrected chi connectivity index (χ2v) is 8.61. The lowest BCUT2D eigenvalue weighted by atomic mass is 10.1. The molecule has 1 aromatic carbocycles. The first-order valence-electron chi connectivity index (χ1n) is 9.79. The second kappa shape index (κ2) is 8.61. The van der Waals surface area contributed by atoms with Crippen LogP contribution in [-0.4, -0.2) is 28.7 Å². The molecule has 0 aliphatic carbocycles. The summed E-state index contributed by atoms with van der Waals surface area (Å²) < 4.78 is 8.47. The van der Waals surface area contributed by atoms with Crippen molar-refractivity contribution in [2.75, 3.05) is 18.0 Å². The summed E-state index contributed by atoms with van der Waals surface area (Å²) in [5.41, 5.74) is 1.31. The van der Waals surface area contributed by atoms with Crippen molar-refractivity contribution in [2.45, 2.75) is 45.3 Å². The Morgan fingerprint density at radius 1 is 1.11 bits per heavy atom. The Balaban J connectivity index is 1.41. The predicted octanol–water partition coefficient (Wildman–Crippen LogP) is 4.93. The van der Waals surface area contributed by atoms with Crippen molar-refractivity contribution in [3.8, 4) is 5.75 Å². The number of benzene rings is 1. The Labute approximate surface area is 165 Å². The first-order valence-corrected chi connectivity index (χ1v) is 10.6. The van der Waals surface area contributed by atoms with Gasteiger partial charge in [-0.2, -0.15) is 0 Å². The van der Waals surface area contributed by atoms with Crippen LogP contribution in [0, 0.1) is 6.92 Å². The van der Waals surface area contributed by atoms with Gasteiger partial charge in [-0.3, -0.25) is 0 Å². The topological polar surface area (TPSA) is 30.3 Å². The van der Waals surface area contributed by atoms with Crippen LogP contribution in [0.25, 0.3) is 0 Å². The van der Waals surface area contributed by atoms with Crippen LogP contribution >= 0.6 is 11.3 Å². The number of imidazole rings is 1. The summed E-state index contributed by atoms with van der Waals surface area (Å²) in [6, 6.07) is 13.0. The van der Waals surface area contributed by atoms with Crippen LogP contribution in [0.5, 0.6) is 5.75 Å². The zero-order valence-electron chi connectivity index (χ0n) is 15.9. The number of thiophene rings is 1. The van der Waals surface area contributed by atoms with Crippen LogP contribution in [0.1, 0.15) is 29.0 Å². The number of aryl methyl sites for hydroxylation is 2. The van der Waals surface area contributed by atoms with Gasteiger partial charge in [0.2, 0.25) is 0 Å².